The summed E-state index contributed by atoms with van der Waals surface area (Å²) in [6, 6.07) is 16.1. The Hall–Kier alpha value is -2.88. The van der Waals surface area contributed by atoms with E-state index in [-0.39, 0.29) is 0 Å². The zero-order chi connectivity index (χ0) is 22.6. The molecule has 0 aliphatic rings. The van der Waals surface area contributed by atoms with Gasteiger partial charge in [-0.1, -0.05) is 52.2 Å². The number of benzene rings is 2. The predicted molar refractivity (Wildman–Crippen MR) is 132 cm³/mol. The molecular formula is C28H36N2O2. The van der Waals surface area contributed by atoms with Crippen LogP contribution in [0.3, 0.4) is 0 Å². The highest BCUT2D eigenvalue weighted by molar-refractivity contribution is 5.64. The van der Waals surface area contributed by atoms with Crippen molar-refractivity contribution >= 4 is 0 Å². The van der Waals surface area contributed by atoms with Crippen LogP contribution in [0.2, 0.25) is 0 Å². The Morgan fingerprint density at radius 1 is 0.688 bits per heavy atom. The van der Waals surface area contributed by atoms with Gasteiger partial charge in [-0.25, -0.2) is 9.97 Å². The molecular weight excluding hydrogens is 396 g/mol. The molecule has 0 bridgehead atoms. The van der Waals surface area contributed by atoms with E-state index in [2.05, 4.69) is 42.9 Å². The van der Waals surface area contributed by atoms with Crippen molar-refractivity contribution in [3.8, 4) is 34.0 Å². The Labute approximate surface area is 193 Å². The van der Waals surface area contributed by atoms with Crippen molar-refractivity contribution in [1.82, 2.24) is 9.97 Å². The molecule has 0 saturated heterocycles. The van der Waals surface area contributed by atoms with Crippen molar-refractivity contribution in [1.29, 1.82) is 0 Å². The lowest BCUT2D eigenvalue weighted by Gasteiger charge is -2.10. The summed E-state index contributed by atoms with van der Waals surface area (Å²) in [5, 5.41) is 0. The molecule has 4 nitrogen and oxygen atoms in total. The lowest BCUT2D eigenvalue weighted by Crippen LogP contribution is -1.99. The number of hydrogen-bond acceptors (Lipinski definition) is 4. The fourth-order valence-electron chi connectivity index (χ4n) is 3.39. The van der Waals surface area contributed by atoms with Gasteiger partial charge in [0.1, 0.15) is 11.5 Å². The van der Waals surface area contributed by atoms with Crippen LogP contribution in [0.25, 0.3) is 22.5 Å². The van der Waals surface area contributed by atoms with Crippen LogP contribution in [0.15, 0.2) is 60.9 Å². The first kappa shape index (κ1) is 23.8. The summed E-state index contributed by atoms with van der Waals surface area (Å²) in [6.07, 6.45) is 10.8. The van der Waals surface area contributed by atoms with Crippen LogP contribution < -0.4 is 9.47 Å². The highest BCUT2D eigenvalue weighted by Gasteiger charge is 2.05. The van der Waals surface area contributed by atoms with E-state index in [0.717, 1.165) is 66.6 Å². The summed E-state index contributed by atoms with van der Waals surface area (Å²) in [6.45, 7) is 8.25. The van der Waals surface area contributed by atoms with Crippen molar-refractivity contribution < 1.29 is 9.47 Å². The fraction of sp³-hybridized carbons (Fsp3) is 0.429. The van der Waals surface area contributed by atoms with Crippen LogP contribution in [0.4, 0.5) is 0 Å². The summed E-state index contributed by atoms with van der Waals surface area (Å²) in [7, 11) is 0. The quantitative estimate of drug-likeness (QED) is 0.261. The molecule has 1 unspecified atom stereocenters. The van der Waals surface area contributed by atoms with Crippen molar-refractivity contribution in [2.75, 3.05) is 13.2 Å². The molecule has 0 aliphatic heterocycles. The van der Waals surface area contributed by atoms with Gasteiger partial charge in [0.15, 0.2) is 5.82 Å². The van der Waals surface area contributed by atoms with Gasteiger partial charge in [0, 0.05) is 23.5 Å². The van der Waals surface area contributed by atoms with Crippen LogP contribution >= 0.6 is 0 Å². The topological polar surface area (TPSA) is 44.2 Å². The molecule has 3 rings (SSSR count). The van der Waals surface area contributed by atoms with Gasteiger partial charge in [-0.2, -0.15) is 0 Å². The van der Waals surface area contributed by atoms with Crippen molar-refractivity contribution in [2.24, 2.45) is 5.92 Å². The third-order valence-electron chi connectivity index (χ3n) is 5.78. The van der Waals surface area contributed by atoms with Gasteiger partial charge >= 0.3 is 0 Å². The van der Waals surface area contributed by atoms with Gasteiger partial charge in [-0.15, -0.1) is 0 Å². The van der Waals surface area contributed by atoms with E-state index in [0.29, 0.717) is 5.82 Å². The van der Waals surface area contributed by atoms with E-state index in [1.54, 1.807) is 0 Å². The van der Waals surface area contributed by atoms with Crippen LogP contribution in [0.1, 0.15) is 59.3 Å². The fourth-order valence-corrected chi connectivity index (χ4v) is 3.39. The Kier molecular flexibility index (Phi) is 9.55. The predicted octanol–water partition coefficient (Wildman–Crippen LogP) is 7.58. The molecule has 1 aromatic heterocycles. The van der Waals surface area contributed by atoms with Crippen molar-refractivity contribution in [3.05, 3.63) is 60.9 Å². The Morgan fingerprint density at radius 3 is 1.81 bits per heavy atom. The second-order valence-electron chi connectivity index (χ2n) is 8.40. The maximum Gasteiger partial charge on any atom is 0.159 e. The molecule has 0 radical (unpaired) electrons. The number of unbranched alkanes of at least 4 members (excludes halogenated alkanes) is 2. The van der Waals surface area contributed by atoms with Gasteiger partial charge in [0.05, 0.1) is 13.2 Å². The maximum absolute atomic E-state index is 5.89. The first-order chi connectivity index (χ1) is 15.7. The van der Waals surface area contributed by atoms with Gasteiger partial charge in [0.2, 0.25) is 0 Å². The molecule has 0 saturated carbocycles. The standard InChI is InChI=1S/C28H36N2O2/c1-4-6-18-31-27-16-12-24(13-17-27)28-29-20-25(21-30-28)23-10-14-26(15-11-23)32-19-8-7-9-22(3)5-2/h10-17,20-22H,4-9,18-19H2,1-3H3. The number of rotatable bonds is 13. The van der Waals surface area contributed by atoms with E-state index in [1.165, 1.54) is 19.3 Å². The zero-order valence-corrected chi connectivity index (χ0v) is 19.7. The third-order valence-corrected chi connectivity index (χ3v) is 5.78. The number of hydrogen-bond donors (Lipinski definition) is 0. The Morgan fingerprint density at radius 2 is 1.25 bits per heavy atom. The van der Waals surface area contributed by atoms with E-state index < -0.39 is 0 Å². The highest BCUT2D eigenvalue weighted by Crippen LogP contribution is 2.24. The van der Waals surface area contributed by atoms with Crippen LogP contribution in [0, 0.1) is 5.92 Å². The molecule has 3 aromatic rings. The maximum atomic E-state index is 5.89. The van der Waals surface area contributed by atoms with E-state index in [1.807, 2.05) is 48.8 Å². The molecule has 0 spiro atoms. The first-order valence-corrected chi connectivity index (χ1v) is 12.0. The third kappa shape index (κ3) is 7.37. The molecule has 0 aliphatic carbocycles. The van der Waals surface area contributed by atoms with Crippen LogP contribution in [-0.2, 0) is 0 Å². The highest BCUT2D eigenvalue weighted by atomic mass is 16.5. The molecule has 2 aromatic carbocycles. The van der Waals surface area contributed by atoms with Gasteiger partial charge in [-0.3, -0.25) is 0 Å². The molecule has 1 atom stereocenters. The average Bonchev–Trinajstić information content (AvgIpc) is 2.85. The SMILES string of the molecule is CCCCOc1ccc(-c2ncc(-c3ccc(OCCCCC(C)CC)cc3)cn2)cc1. The molecule has 0 fully saturated rings. The summed E-state index contributed by atoms with van der Waals surface area (Å²) in [4.78, 5) is 9.12. The van der Waals surface area contributed by atoms with Crippen LogP contribution in [0.5, 0.6) is 11.5 Å². The van der Waals surface area contributed by atoms with Crippen molar-refractivity contribution in [3.63, 3.8) is 0 Å². The van der Waals surface area contributed by atoms with E-state index in [9.17, 15) is 0 Å². The molecule has 1 heterocycles. The monoisotopic (exact) mass is 432 g/mol. The van der Waals surface area contributed by atoms with Crippen LogP contribution in [-0.4, -0.2) is 23.2 Å². The molecule has 170 valence electrons. The minimum Gasteiger partial charge on any atom is -0.494 e. The first-order valence-electron chi connectivity index (χ1n) is 12.0. The normalized spacial score (nSPS) is 11.8. The van der Waals surface area contributed by atoms with Gasteiger partial charge in [0.25, 0.3) is 0 Å². The van der Waals surface area contributed by atoms with Crippen molar-refractivity contribution in [2.45, 2.75) is 59.3 Å². The van der Waals surface area contributed by atoms with E-state index >= 15 is 0 Å². The Bertz CT molecular complexity index is 906. The summed E-state index contributed by atoms with van der Waals surface area (Å²) in [5.74, 6) is 3.32. The largest absolute Gasteiger partial charge is 0.494 e. The zero-order valence-electron chi connectivity index (χ0n) is 19.7. The lowest BCUT2D eigenvalue weighted by atomic mass is 10.0. The summed E-state index contributed by atoms with van der Waals surface area (Å²) >= 11 is 0. The lowest BCUT2D eigenvalue weighted by molar-refractivity contribution is 0.300. The Balaban J connectivity index is 1.51. The smallest absolute Gasteiger partial charge is 0.159 e. The molecule has 0 amide bonds. The minimum absolute atomic E-state index is 0.714. The van der Waals surface area contributed by atoms with Gasteiger partial charge < -0.3 is 9.47 Å². The molecule has 32 heavy (non-hydrogen) atoms. The number of nitrogens with zero attached hydrogens (tertiary/aromatic N) is 2. The molecule has 4 heteroatoms. The number of ether oxygens (including phenoxy) is 2. The second-order valence-corrected chi connectivity index (χ2v) is 8.40. The average molecular weight is 433 g/mol. The number of aromatic nitrogens is 2. The van der Waals surface area contributed by atoms with Gasteiger partial charge in [-0.05, 0) is 67.1 Å². The minimum atomic E-state index is 0.714. The molecule has 0 N–H and O–H groups in total. The summed E-state index contributed by atoms with van der Waals surface area (Å²) < 4.78 is 11.6. The summed E-state index contributed by atoms with van der Waals surface area (Å²) in [5.41, 5.74) is 3.06. The van der Waals surface area contributed by atoms with E-state index in [4.69, 9.17) is 9.47 Å². The second kappa shape index (κ2) is 12.8.